The molecule has 19 heavy (non-hydrogen) atoms. The van der Waals surface area contributed by atoms with Crippen molar-refractivity contribution in [3.63, 3.8) is 0 Å². The normalized spacial score (nSPS) is 17.0. The number of ether oxygens (including phenoxy) is 1. The van der Waals surface area contributed by atoms with Crippen LogP contribution in [0.2, 0.25) is 0 Å². The molecule has 1 fully saturated rings. The molecule has 3 nitrogen and oxygen atoms in total. The summed E-state index contributed by atoms with van der Waals surface area (Å²) in [6, 6.07) is 0.680. The zero-order chi connectivity index (χ0) is 13.7. The van der Waals surface area contributed by atoms with Gasteiger partial charge in [-0.15, -0.1) is 0 Å². The SMILES string of the molecule is COCCCSc1nc(C)c(C)n1C1CCCCC1. The van der Waals surface area contributed by atoms with Gasteiger partial charge >= 0.3 is 0 Å². The number of hydrogen-bond acceptors (Lipinski definition) is 3. The van der Waals surface area contributed by atoms with Gasteiger partial charge in [-0.3, -0.25) is 0 Å². The molecule has 0 bridgehead atoms. The number of imidazole rings is 1. The van der Waals surface area contributed by atoms with Crippen LogP contribution in [0.25, 0.3) is 0 Å². The molecule has 0 N–H and O–H groups in total. The molecule has 0 aliphatic heterocycles. The third-order valence-corrected chi connectivity index (χ3v) is 5.06. The Morgan fingerprint density at radius 1 is 1.26 bits per heavy atom. The van der Waals surface area contributed by atoms with Crippen LogP contribution in [-0.2, 0) is 4.74 Å². The second kappa shape index (κ2) is 7.34. The second-order valence-electron chi connectivity index (χ2n) is 5.42. The molecule has 2 rings (SSSR count). The first kappa shape index (κ1) is 14.9. The van der Waals surface area contributed by atoms with Gasteiger partial charge in [0.15, 0.2) is 5.16 Å². The first-order valence-corrected chi connectivity index (χ1v) is 8.39. The van der Waals surface area contributed by atoms with Crippen molar-refractivity contribution >= 4 is 11.8 Å². The van der Waals surface area contributed by atoms with Gasteiger partial charge in [-0.25, -0.2) is 4.98 Å². The van der Waals surface area contributed by atoms with Crippen LogP contribution in [0.15, 0.2) is 5.16 Å². The Bertz CT molecular complexity index is 397. The van der Waals surface area contributed by atoms with Crippen LogP contribution in [0.1, 0.15) is 56.0 Å². The van der Waals surface area contributed by atoms with Crippen LogP contribution in [0.3, 0.4) is 0 Å². The number of rotatable bonds is 6. The molecule has 1 aromatic heterocycles. The third-order valence-electron chi connectivity index (χ3n) is 4.02. The summed E-state index contributed by atoms with van der Waals surface area (Å²) in [5.41, 5.74) is 2.56. The Morgan fingerprint density at radius 3 is 2.68 bits per heavy atom. The van der Waals surface area contributed by atoms with Crippen molar-refractivity contribution < 1.29 is 4.74 Å². The molecule has 1 aliphatic rings. The molecule has 0 unspecified atom stereocenters. The second-order valence-corrected chi connectivity index (χ2v) is 6.48. The van der Waals surface area contributed by atoms with Crippen molar-refractivity contribution in [2.75, 3.05) is 19.5 Å². The smallest absolute Gasteiger partial charge is 0.168 e. The zero-order valence-electron chi connectivity index (χ0n) is 12.4. The van der Waals surface area contributed by atoms with Gasteiger partial charge in [-0.05, 0) is 33.1 Å². The Morgan fingerprint density at radius 2 is 2.00 bits per heavy atom. The predicted octanol–water partition coefficient (Wildman–Crippen LogP) is 4.13. The highest BCUT2D eigenvalue weighted by Gasteiger charge is 2.21. The van der Waals surface area contributed by atoms with Gasteiger partial charge in [0.2, 0.25) is 0 Å². The average molecular weight is 282 g/mol. The van der Waals surface area contributed by atoms with Crippen LogP contribution in [0.4, 0.5) is 0 Å². The van der Waals surface area contributed by atoms with E-state index in [2.05, 4.69) is 18.4 Å². The van der Waals surface area contributed by atoms with Crippen molar-refractivity contribution in [1.29, 1.82) is 0 Å². The van der Waals surface area contributed by atoms with Crippen molar-refractivity contribution in [3.05, 3.63) is 11.4 Å². The lowest BCUT2D eigenvalue weighted by atomic mass is 9.95. The van der Waals surface area contributed by atoms with Gasteiger partial charge in [0, 0.05) is 31.2 Å². The Hall–Kier alpha value is -0.480. The molecule has 1 aliphatic carbocycles. The molecule has 0 amide bonds. The molecule has 0 atom stereocenters. The predicted molar refractivity (Wildman–Crippen MR) is 81.0 cm³/mol. The summed E-state index contributed by atoms with van der Waals surface area (Å²) in [7, 11) is 1.77. The molecule has 1 aromatic rings. The van der Waals surface area contributed by atoms with Crippen LogP contribution in [0.5, 0.6) is 0 Å². The Kier molecular flexibility index (Phi) is 5.76. The number of aryl methyl sites for hydroxylation is 1. The fraction of sp³-hybridized carbons (Fsp3) is 0.800. The largest absolute Gasteiger partial charge is 0.385 e. The molecule has 0 aromatic carbocycles. The molecule has 0 saturated heterocycles. The van der Waals surface area contributed by atoms with E-state index in [4.69, 9.17) is 9.72 Å². The molecular weight excluding hydrogens is 256 g/mol. The van der Waals surface area contributed by atoms with Crippen molar-refractivity contribution in [2.24, 2.45) is 0 Å². The van der Waals surface area contributed by atoms with Crippen molar-refractivity contribution in [2.45, 2.75) is 63.6 Å². The van der Waals surface area contributed by atoms with E-state index in [9.17, 15) is 0 Å². The van der Waals surface area contributed by atoms with E-state index in [1.165, 1.54) is 48.6 Å². The maximum Gasteiger partial charge on any atom is 0.168 e. The molecule has 4 heteroatoms. The van der Waals surface area contributed by atoms with Gasteiger partial charge in [0.1, 0.15) is 0 Å². The van der Waals surface area contributed by atoms with E-state index >= 15 is 0 Å². The molecule has 0 radical (unpaired) electrons. The number of hydrogen-bond donors (Lipinski definition) is 0. The first-order chi connectivity index (χ1) is 9.24. The zero-order valence-corrected chi connectivity index (χ0v) is 13.3. The fourth-order valence-corrected chi connectivity index (χ4v) is 3.91. The van der Waals surface area contributed by atoms with E-state index in [1.807, 2.05) is 11.8 Å². The molecule has 108 valence electrons. The Labute approximate surface area is 121 Å². The van der Waals surface area contributed by atoms with E-state index < -0.39 is 0 Å². The highest BCUT2D eigenvalue weighted by molar-refractivity contribution is 7.99. The monoisotopic (exact) mass is 282 g/mol. The van der Waals surface area contributed by atoms with Crippen LogP contribution in [-0.4, -0.2) is 29.0 Å². The fourth-order valence-electron chi connectivity index (χ4n) is 2.83. The molecule has 0 spiro atoms. The highest BCUT2D eigenvalue weighted by atomic mass is 32.2. The first-order valence-electron chi connectivity index (χ1n) is 7.41. The summed E-state index contributed by atoms with van der Waals surface area (Å²) in [5.74, 6) is 1.09. The summed E-state index contributed by atoms with van der Waals surface area (Å²) < 4.78 is 7.62. The van der Waals surface area contributed by atoms with Crippen LogP contribution in [0, 0.1) is 13.8 Å². The van der Waals surface area contributed by atoms with Gasteiger partial charge < -0.3 is 9.30 Å². The lowest BCUT2D eigenvalue weighted by Crippen LogP contribution is -2.15. The average Bonchev–Trinajstić information content (AvgIpc) is 2.71. The minimum Gasteiger partial charge on any atom is -0.385 e. The van der Waals surface area contributed by atoms with Crippen molar-refractivity contribution in [3.8, 4) is 0 Å². The van der Waals surface area contributed by atoms with Gasteiger partial charge in [0.25, 0.3) is 0 Å². The minimum absolute atomic E-state index is 0.680. The minimum atomic E-state index is 0.680. The summed E-state index contributed by atoms with van der Waals surface area (Å²) >= 11 is 1.89. The number of thioether (sulfide) groups is 1. The highest BCUT2D eigenvalue weighted by Crippen LogP contribution is 2.34. The molecule has 1 heterocycles. The van der Waals surface area contributed by atoms with E-state index in [1.54, 1.807) is 7.11 Å². The summed E-state index contributed by atoms with van der Waals surface area (Å²) in [6.45, 7) is 5.19. The summed E-state index contributed by atoms with van der Waals surface area (Å²) in [5, 5.41) is 1.22. The Balaban J connectivity index is 2.06. The van der Waals surface area contributed by atoms with E-state index in [0.29, 0.717) is 6.04 Å². The lowest BCUT2D eigenvalue weighted by Gasteiger charge is -2.26. The van der Waals surface area contributed by atoms with E-state index in [-0.39, 0.29) is 0 Å². The van der Waals surface area contributed by atoms with E-state index in [0.717, 1.165) is 18.8 Å². The van der Waals surface area contributed by atoms with Crippen LogP contribution >= 0.6 is 11.8 Å². The lowest BCUT2D eigenvalue weighted by molar-refractivity contribution is 0.200. The van der Waals surface area contributed by atoms with Gasteiger partial charge in [-0.1, -0.05) is 31.0 Å². The topological polar surface area (TPSA) is 27.1 Å². The number of methoxy groups -OCH3 is 1. The van der Waals surface area contributed by atoms with Gasteiger partial charge in [0.05, 0.1) is 5.69 Å². The van der Waals surface area contributed by atoms with Gasteiger partial charge in [-0.2, -0.15) is 0 Å². The van der Waals surface area contributed by atoms with Crippen molar-refractivity contribution in [1.82, 2.24) is 9.55 Å². The molecular formula is C15H26N2OS. The number of aromatic nitrogens is 2. The summed E-state index contributed by atoms with van der Waals surface area (Å²) in [4.78, 5) is 4.77. The maximum atomic E-state index is 5.11. The standard InChI is InChI=1S/C15H26N2OS/c1-12-13(2)17(14-8-5-4-6-9-14)15(16-12)19-11-7-10-18-3/h14H,4-11H2,1-3H3. The summed E-state index contributed by atoms with van der Waals surface area (Å²) in [6.07, 6.45) is 7.88. The quantitative estimate of drug-likeness (QED) is 0.580. The van der Waals surface area contributed by atoms with Crippen LogP contribution < -0.4 is 0 Å². The maximum absolute atomic E-state index is 5.11. The third kappa shape index (κ3) is 3.76. The number of nitrogens with zero attached hydrogens (tertiary/aromatic N) is 2. The molecule has 1 saturated carbocycles.